The Morgan fingerprint density at radius 2 is 1.76 bits per heavy atom. The number of hydrogen-bond donors (Lipinski definition) is 1. The fourth-order valence-corrected chi connectivity index (χ4v) is 4.83. The number of pyridine rings is 1. The minimum atomic E-state index is -3.78. The molecule has 1 N–H and O–H groups in total. The van der Waals surface area contributed by atoms with Crippen molar-refractivity contribution in [3.8, 4) is 11.1 Å². The summed E-state index contributed by atoms with van der Waals surface area (Å²) in [6, 6.07) is 19.4. The Morgan fingerprint density at radius 1 is 1.03 bits per heavy atom. The molecule has 1 aromatic heterocycles. The van der Waals surface area contributed by atoms with E-state index in [4.69, 9.17) is 0 Å². The SMILES string of the molecule is O=S(=O)(N[C@@H]1CCN(Cc2ccc(-c3ccccc3)cc2)C1)c1cncc(F)c1. The van der Waals surface area contributed by atoms with Crippen LogP contribution in [0.2, 0.25) is 0 Å². The molecule has 0 amide bonds. The van der Waals surface area contributed by atoms with Crippen LogP contribution in [0.25, 0.3) is 11.1 Å². The molecule has 4 rings (SSSR count). The van der Waals surface area contributed by atoms with Crippen molar-refractivity contribution >= 4 is 10.0 Å². The van der Waals surface area contributed by atoms with Crippen LogP contribution in [0, 0.1) is 5.82 Å². The first-order chi connectivity index (χ1) is 14.0. The molecule has 7 heteroatoms. The lowest BCUT2D eigenvalue weighted by molar-refractivity contribution is 0.324. The number of likely N-dealkylation sites (tertiary alicyclic amines) is 1. The highest BCUT2D eigenvalue weighted by atomic mass is 32.2. The fourth-order valence-electron chi connectivity index (χ4n) is 3.59. The van der Waals surface area contributed by atoms with Crippen molar-refractivity contribution in [2.24, 2.45) is 0 Å². The van der Waals surface area contributed by atoms with Crippen molar-refractivity contribution in [3.63, 3.8) is 0 Å². The molecule has 0 aliphatic carbocycles. The van der Waals surface area contributed by atoms with Crippen LogP contribution >= 0.6 is 0 Å². The summed E-state index contributed by atoms with van der Waals surface area (Å²) < 4.78 is 40.8. The lowest BCUT2D eigenvalue weighted by Gasteiger charge is -2.17. The van der Waals surface area contributed by atoms with Gasteiger partial charge in [0.05, 0.1) is 6.20 Å². The number of nitrogens with zero attached hydrogens (tertiary/aromatic N) is 2. The molecule has 150 valence electrons. The fraction of sp³-hybridized carbons (Fsp3) is 0.227. The van der Waals surface area contributed by atoms with Crippen molar-refractivity contribution in [3.05, 3.63) is 84.4 Å². The second-order valence-corrected chi connectivity index (χ2v) is 8.96. The number of hydrogen-bond acceptors (Lipinski definition) is 4. The van der Waals surface area contributed by atoms with Crippen molar-refractivity contribution in [1.29, 1.82) is 0 Å². The average Bonchev–Trinajstić information content (AvgIpc) is 3.15. The first-order valence-electron chi connectivity index (χ1n) is 9.49. The molecule has 0 saturated carbocycles. The monoisotopic (exact) mass is 411 g/mol. The van der Waals surface area contributed by atoms with Gasteiger partial charge in [0.25, 0.3) is 0 Å². The molecule has 1 saturated heterocycles. The van der Waals surface area contributed by atoms with Crippen LogP contribution in [0.3, 0.4) is 0 Å². The first kappa shape index (κ1) is 19.7. The summed E-state index contributed by atoms with van der Waals surface area (Å²) in [5.74, 6) is -0.667. The van der Waals surface area contributed by atoms with Gasteiger partial charge < -0.3 is 0 Å². The second kappa shape index (κ2) is 8.41. The maximum Gasteiger partial charge on any atom is 0.242 e. The van der Waals surface area contributed by atoms with Gasteiger partial charge in [0, 0.05) is 31.9 Å². The molecular weight excluding hydrogens is 389 g/mol. The smallest absolute Gasteiger partial charge is 0.242 e. The third-order valence-corrected chi connectivity index (χ3v) is 6.54. The van der Waals surface area contributed by atoms with Crippen LogP contribution in [0.1, 0.15) is 12.0 Å². The lowest BCUT2D eigenvalue weighted by atomic mass is 10.0. The van der Waals surface area contributed by atoms with Gasteiger partial charge >= 0.3 is 0 Å². The number of nitrogens with one attached hydrogen (secondary N) is 1. The van der Waals surface area contributed by atoms with E-state index in [1.54, 1.807) is 0 Å². The van der Waals surface area contributed by atoms with Crippen LogP contribution in [0.4, 0.5) is 4.39 Å². The van der Waals surface area contributed by atoms with Gasteiger partial charge in [-0.15, -0.1) is 0 Å². The molecule has 0 unspecified atom stereocenters. The summed E-state index contributed by atoms with van der Waals surface area (Å²) in [4.78, 5) is 5.69. The minimum Gasteiger partial charge on any atom is -0.297 e. The molecule has 3 aromatic rings. The van der Waals surface area contributed by atoms with Crippen molar-refractivity contribution < 1.29 is 12.8 Å². The van der Waals surface area contributed by atoms with E-state index in [1.807, 2.05) is 18.2 Å². The van der Waals surface area contributed by atoms with E-state index in [2.05, 4.69) is 51.0 Å². The van der Waals surface area contributed by atoms with Crippen LogP contribution in [0.15, 0.2) is 78.0 Å². The Kier molecular flexibility index (Phi) is 5.71. The Hall–Kier alpha value is -2.61. The van der Waals surface area contributed by atoms with E-state index in [1.165, 1.54) is 16.7 Å². The van der Waals surface area contributed by atoms with E-state index in [0.717, 1.165) is 31.5 Å². The van der Waals surface area contributed by atoms with Crippen molar-refractivity contribution in [2.45, 2.75) is 23.9 Å². The molecule has 1 aliphatic rings. The zero-order valence-corrected chi connectivity index (χ0v) is 16.6. The van der Waals surface area contributed by atoms with E-state index in [9.17, 15) is 12.8 Å². The minimum absolute atomic E-state index is 0.146. The van der Waals surface area contributed by atoms with E-state index in [-0.39, 0.29) is 10.9 Å². The average molecular weight is 412 g/mol. The predicted molar refractivity (Wildman–Crippen MR) is 110 cm³/mol. The van der Waals surface area contributed by atoms with Gasteiger partial charge in [-0.25, -0.2) is 17.5 Å². The molecule has 29 heavy (non-hydrogen) atoms. The molecule has 1 fully saturated rings. The maximum absolute atomic E-state index is 13.3. The maximum atomic E-state index is 13.3. The molecule has 5 nitrogen and oxygen atoms in total. The Bertz CT molecular complexity index is 1070. The lowest BCUT2D eigenvalue weighted by Crippen LogP contribution is -2.37. The standard InChI is InChI=1S/C22H22FN3O2S/c23-20-12-22(14-24-13-20)29(27,28)25-21-10-11-26(16-21)15-17-6-8-19(9-7-17)18-4-2-1-3-5-18/h1-9,12-14,21,25H,10-11,15-16H2/t21-/m1/s1. The highest BCUT2D eigenvalue weighted by molar-refractivity contribution is 7.89. The summed E-state index contributed by atoms with van der Waals surface area (Å²) in [5, 5.41) is 0. The summed E-state index contributed by atoms with van der Waals surface area (Å²) in [5.41, 5.74) is 3.54. The quantitative estimate of drug-likeness (QED) is 0.675. The molecule has 2 aromatic carbocycles. The number of aromatic nitrogens is 1. The summed E-state index contributed by atoms with van der Waals surface area (Å²) >= 11 is 0. The number of rotatable bonds is 6. The molecule has 1 atom stereocenters. The topological polar surface area (TPSA) is 62.3 Å². The largest absolute Gasteiger partial charge is 0.297 e. The van der Waals surface area contributed by atoms with Gasteiger partial charge in [-0.1, -0.05) is 54.6 Å². The highest BCUT2D eigenvalue weighted by Gasteiger charge is 2.27. The van der Waals surface area contributed by atoms with Gasteiger partial charge in [-0.2, -0.15) is 0 Å². The van der Waals surface area contributed by atoms with Crippen LogP contribution in [0.5, 0.6) is 0 Å². The van der Waals surface area contributed by atoms with Gasteiger partial charge in [-0.05, 0) is 29.2 Å². The van der Waals surface area contributed by atoms with E-state index in [0.29, 0.717) is 13.0 Å². The Balaban J connectivity index is 1.35. The molecule has 0 bridgehead atoms. The third-order valence-electron chi connectivity index (χ3n) is 5.05. The molecule has 1 aliphatic heterocycles. The van der Waals surface area contributed by atoms with Crippen molar-refractivity contribution in [1.82, 2.24) is 14.6 Å². The third kappa shape index (κ3) is 4.87. The highest BCUT2D eigenvalue weighted by Crippen LogP contribution is 2.21. The summed E-state index contributed by atoms with van der Waals surface area (Å²) in [6.07, 6.45) is 2.86. The van der Waals surface area contributed by atoms with Crippen LogP contribution in [-0.2, 0) is 16.6 Å². The first-order valence-corrected chi connectivity index (χ1v) is 11.0. The summed E-state index contributed by atoms with van der Waals surface area (Å²) in [6.45, 7) is 2.17. The number of benzene rings is 2. The predicted octanol–water partition coefficient (Wildman–Crippen LogP) is 3.44. The van der Waals surface area contributed by atoms with Crippen molar-refractivity contribution in [2.75, 3.05) is 13.1 Å². The van der Waals surface area contributed by atoms with E-state index >= 15 is 0 Å². The molecule has 2 heterocycles. The van der Waals surface area contributed by atoms with Crippen LogP contribution < -0.4 is 4.72 Å². The Labute approximate surface area is 170 Å². The Morgan fingerprint density at radius 3 is 2.48 bits per heavy atom. The summed E-state index contributed by atoms with van der Waals surface area (Å²) in [7, 11) is -3.78. The number of halogens is 1. The van der Waals surface area contributed by atoms with Gasteiger partial charge in [0.1, 0.15) is 10.7 Å². The van der Waals surface area contributed by atoms with Gasteiger partial charge in [0.2, 0.25) is 10.0 Å². The van der Waals surface area contributed by atoms with E-state index < -0.39 is 15.8 Å². The zero-order valence-electron chi connectivity index (χ0n) is 15.8. The van der Waals surface area contributed by atoms with Crippen LogP contribution in [-0.4, -0.2) is 37.4 Å². The van der Waals surface area contributed by atoms with Gasteiger partial charge in [-0.3, -0.25) is 9.88 Å². The normalized spacial score (nSPS) is 17.5. The zero-order chi connectivity index (χ0) is 20.3. The molecular formula is C22H22FN3O2S. The van der Waals surface area contributed by atoms with Gasteiger partial charge in [0.15, 0.2) is 0 Å². The second-order valence-electron chi connectivity index (χ2n) is 7.24. The molecule has 0 spiro atoms. The molecule has 0 radical (unpaired) electrons. The number of sulfonamides is 1.